The van der Waals surface area contributed by atoms with Crippen LogP contribution in [0, 0.1) is 6.92 Å². The summed E-state index contributed by atoms with van der Waals surface area (Å²) in [5.41, 5.74) is 3.52. The third-order valence-corrected chi connectivity index (χ3v) is 4.18. The lowest BCUT2D eigenvalue weighted by Gasteiger charge is -2.08. The fraction of sp³-hybridized carbons (Fsp3) is 0.0588. The van der Waals surface area contributed by atoms with Crippen molar-refractivity contribution in [3.8, 4) is 22.5 Å². The Morgan fingerprint density at radius 1 is 0.682 bits per heavy atom. The number of rotatable bonds is 2. The molecule has 0 unspecified atom stereocenters. The molecule has 0 atom stereocenters. The third-order valence-electron chi connectivity index (χ3n) is 3.19. The highest BCUT2D eigenvalue weighted by Gasteiger charge is 2.08. The summed E-state index contributed by atoms with van der Waals surface area (Å²) in [6.45, 7) is 1.86. The number of aryl methyl sites for hydroxylation is 1. The molecule has 0 aliphatic heterocycles. The Morgan fingerprint density at radius 2 is 1.27 bits per heavy atom. The second-order valence-corrected chi connectivity index (χ2v) is 6.07. The van der Waals surface area contributed by atoms with Crippen LogP contribution in [0.25, 0.3) is 22.5 Å². The van der Waals surface area contributed by atoms with E-state index in [-0.39, 0.29) is 0 Å². The largest absolute Gasteiger partial charge is 0.233 e. The highest BCUT2D eigenvalue weighted by atomic mass is 35.5. The van der Waals surface area contributed by atoms with Crippen molar-refractivity contribution in [1.29, 1.82) is 0 Å². The minimum atomic E-state index is 0.503. The van der Waals surface area contributed by atoms with Gasteiger partial charge in [0.25, 0.3) is 0 Å². The molecule has 0 saturated heterocycles. The Bertz CT molecular complexity index is 830. The van der Waals surface area contributed by atoms with Gasteiger partial charge in [-0.1, -0.05) is 53.0 Å². The first kappa shape index (κ1) is 15.3. The lowest BCUT2D eigenvalue weighted by molar-refractivity contribution is 1.06. The van der Waals surface area contributed by atoms with E-state index < -0.39 is 0 Å². The normalized spacial score (nSPS) is 10.7. The first-order chi connectivity index (χ1) is 10.5. The lowest BCUT2D eigenvalue weighted by atomic mass is 10.1. The second-order valence-electron chi connectivity index (χ2n) is 4.82. The topological polar surface area (TPSA) is 25.8 Å². The monoisotopic (exact) mass is 348 g/mol. The zero-order valence-corrected chi connectivity index (χ0v) is 13.9. The van der Waals surface area contributed by atoms with Crippen LogP contribution in [0.2, 0.25) is 15.1 Å². The maximum atomic E-state index is 6.09. The standard InChI is InChI=1S/C17H11Cl3N2/c1-10-21-16(11-2-5-13(18)6-3-11)9-17(22-10)12-4-7-14(19)15(20)8-12/h2-9H,1H3. The van der Waals surface area contributed by atoms with E-state index in [9.17, 15) is 0 Å². The molecule has 0 radical (unpaired) electrons. The summed E-state index contributed by atoms with van der Waals surface area (Å²) in [6, 6.07) is 14.9. The predicted molar refractivity (Wildman–Crippen MR) is 92.7 cm³/mol. The van der Waals surface area contributed by atoms with Gasteiger partial charge in [-0.2, -0.15) is 0 Å². The molecular weight excluding hydrogens is 339 g/mol. The number of hydrogen-bond donors (Lipinski definition) is 0. The second kappa shape index (κ2) is 6.25. The van der Waals surface area contributed by atoms with Crippen molar-refractivity contribution in [2.75, 3.05) is 0 Å². The van der Waals surface area contributed by atoms with Gasteiger partial charge in [0.15, 0.2) is 0 Å². The molecule has 0 N–H and O–H groups in total. The molecule has 1 aromatic heterocycles. The molecule has 22 heavy (non-hydrogen) atoms. The smallest absolute Gasteiger partial charge is 0.126 e. The molecule has 5 heteroatoms. The van der Waals surface area contributed by atoms with Gasteiger partial charge in [0, 0.05) is 16.1 Å². The van der Waals surface area contributed by atoms with Crippen LogP contribution < -0.4 is 0 Å². The minimum Gasteiger partial charge on any atom is -0.233 e. The van der Waals surface area contributed by atoms with Gasteiger partial charge in [-0.3, -0.25) is 0 Å². The van der Waals surface area contributed by atoms with Crippen LogP contribution in [0.15, 0.2) is 48.5 Å². The van der Waals surface area contributed by atoms with Crippen LogP contribution >= 0.6 is 34.8 Å². The highest BCUT2D eigenvalue weighted by Crippen LogP contribution is 2.29. The van der Waals surface area contributed by atoms with Crippen molar-refractivity contribution < 1.29 is 0 Å². The van der Waals surface area contributed by atoms with Crippen molar-refractivity contribution in [3.05, 3.63) is 69.4 Å². The molecule has 2 nitrogen and oxygen atoms in total. The van der Waals surface area contributed by atoms with Gasteiger partial charge in [0.05, 0.1) is 21.4 Å². The number of aromatic nitrogens is 2. The average Bonchev–Trinajstić information content (AvgIpc) is 2.50. The van der Waals surface area contributed by atoms with E-state index in [1.54, 1.807) is 12.1 Å². The molecule has 3 rings (SSSR count). The summed E-state index contributed by atoms with van der Waals surface area (Å²) in [5, 5.41) is 1.72. The van der Waals surface area contributed by atoms with Gasteiger partial charge < -0.3 is 0 Å². The first-order valence-corrected chi connectivity index (χ1v) is 7.73. The molecule has 110 valence electrons. The Hall–Kier alpha value is -1.61. The number of halogens is 3. The molecule has 1 heterocycles. The quantitative estimate of drug-likeness (QED) is 0.560. The van der Waals surface area contributed by atoms with Gasteiger partial charge in [-0.25, -0.2) is 9.97 Å². The molecule has 0 aliphatic rings. The van der Waals surface area contributed by atoms with Crippen molar-refractivity contribution >= 4 is 34.8 Å². The van der Waals surface area contributed by atoms with Crippen molar-refractivity contribution in [1.82, 2.24) is 9.97 Å². The van der Waals surface area contributed by atoms with Crippen molar-refractivity contribution in [2.24, 2.45) is 0 Å². The number of benzene rings is 2. The van der Waals surface area contributed by atoms with E-state index in [0.29, 0.717) is 20.9 Å². The predicted octanol–water partition coefficient (Wildman–Crippen LogP) is 6.08. The minimum absolute atomic E-state index is 0.503. The molecular formula is C17H11Cl3N2. The van der Waals surface area contributed by atoms with Crippen LogP contribution in [0.1, 0.15) is 5.82 Å². The van der Waals surface area contributed by atoms with E-state index in [1.807, 2.05) is 43.3 Å². The molecule has 0 bridgehead atoms. The average molecular weight is 350 g/mol. The molecule has 0 fully saturated rings. The maximum Gasteiger partial charge on any atom is 0.126 e. The molecule has 2 aromatic carbocycles. The molecule has 0 aliphatic carbocycles. The zero-order valence-electron chi connectivity index (χ0n) is 11.6. The SMILES string of the molecule is Cc1nc(-c2ccc(Cl)cc2)cc(-c2ccc(Cl)c(Cl)c2)n1. The van der Waals surface area contributed by atoms with Crippen molar-refractivity contribution in [3.63, 3.8) is 0 Å². The molecule has 3 aromatic rings. The zero-order chi connectivity index (χ0) is 15.7. The Kier molecular flexibility index (Phi) is 4.34. The van der Waals surface area contributed by atoms with Gasteiger partial charge in [-0.05, 0) is 37.3 Å². The van der Waals surface area contributed by atoms with E-state index in [2.05, 4.69) is 9.97 Å². The molecule has 0 saturated carbocycles. The summed E-state index contributed by atoms with van der Waals surface area (Å²) in [4.78, 5) is 8.97. The van der Waals surface area contributed by atoms with Crippen LogP contribution in [0.4, 0.5) is 0 Å². The van der Waals surface area contributed by atoms with Crippen LogP contribution in [0.3, 0.4) is 0 Å². The van der Waals surface area contributed by atoms with Crippen molar-refractivity contribution in [2.45, 2.75) is 6.92 Å². The molecule has 0 amide bonds. The van der Waals surface area contributed by atoms with Crippen LogP contribution in [-0.2, 0) is 0 Å². The van der Waals surface area contributed by atoms with Gasteiger partial charge >= 0.3 is 0 Å². The summed E-state index contributed by atoms with van der Waals surface area (Å²) < 4.78 is 0. The highest BCUT2D eigenvalue weighted by molar-refractivity contribution is 6.42. The van der Waals surface area contributed by atoms with Crippen LogP contribution in [-0.4, -0.2) is 9.97 Å². The summed E-state index contributed by atoms with van der Waals surface area (Å²) >= 11 is 18.0. The first-order valence-electron chi connectivity index (χ1n) is 6.60. The fourth-order valence-corrected chi connectivity index (χ4v) is 2.56. The summed E-state index contributed by atoms with van der Waals surface area (Å²) in [7, 11) is 0. The Morgan fingerprint density at radius 3 is 1.91 bits per heavy atom. The van der Waals surface area contributed by atoms with E-state index >= 15 is 0 Å². The van der Waals surface area contributed by atoms with Gasteiger partial charge in [0.1, 0.15) is 5.82 Å². The Labute approximate surface area is 143 Å². The van der Waals surface area contributed by atoms with E-state index in [1.165, 1.54) is 0 Å². The summed E-state index contributed by atoms with van der Waals surface area (Å²) in [6.07, 6.45) is 0. The molecule has 0 spiro atoms. The van der Waals surface area contributed by atoms with Gasteiger partial charge in [-0.15, -0.1) is 0 Å². The maximum absolute atomic E-state index is 6.09. The van der Waals surface area contributed by atoms with E-state index in [4.69, 9.17) is 34.8 Å². The lowest BCUT2D eigenvalue weighted by Crippen LogP contribution is -1.94. The van der Waals surface area contributed by atoms with E-state index in [0.717, 1.165) is 22.5 Å². The summed E-state index contributed by atoms with van der Waals surface area (Å²) in [5.74, 6) is 0.688. The number of nitrogens with zero attached hydrogens (tertiary/aromatic N) is 2. The van der Waals surface area contributed by atoms with Crippen LogP contribution in [0.5, 0.6) is 0 Å². The fourth-order valence-electron chi connectivity index (χ4n) is 2.14. The van der Waals surface area contributed by atoms with Gasteiger partial charge in [0.2, 0.25) is 0 Å². The third kappa shape index (κ3) is 3.25. The Balaban J connectivity index is 2.09. The number of hydrogen-bond acceptors (Lipinski definition) is 2.